The molecule has 2 fully saturated rings. The van der Waals surface area contributed by atoms with Crippen LogP contribution in [0.1, 0.15) is 6.42 Å². The van der Waals surface area contributed by atoms with Crippen LogP contribution in [0.2, 0.25) is 0 Å². The molecule has 0 saturated carbocycles. The highest BCUT2D eigenvalue weighted by molar-refractivity contribution is 5.41. The average molecular weight is 249 g/mol. The van der Waals surface area contributed by atoms with Crippen LogP contribution in [0.15, 0.2) is 18.2 Å². The van der Waals surface area contributed by atoms with Gasteiger partial charge in [0.1, 0.15) is 11.9 Å². The van der Waals surface area contributed by atoms with Crippen LogP contribution in [-0.4, -0.2) is 50.5 Å². The molecule has 0 spiro atoms. The Morgan fingerprint density at radius 3 is 3.00 bits per heavy atom. The Kier molecular flexibility index (Phi) is 3.61. The molecule has 5 nitrogen and oxygen atoms in total. The van der Waals surface area contributed by atoms with Gasteiger partial charge in [0.15, 0.2) is 0 Å². The van der Waals surface area contributed by atoms with E-state index in [0.717, 1.165) is 45.0 Å². The van der Waals surface area contributed by atoms with Crippen LogP contribution in [0.3, 0.4) is 0 Å². The smallest absolute Gasteiger partial charge is 0.215 e. The Hall–Kier alpha value is -1.33. The average Bonchev–Trinajstić information content (AvgIpc) is 2.93. The van der Waals surface area contributed by atoms with Crippen molar-refractivity contribution in [3.05, 3.63) is 18.2 Å². The van der Waals surface area contributed by atoms with Crippen molar-refractivity contribution in [1.82, 2.24) is 10.3 Å². The SMILES string of the molecule is c1cc(OC2CCOC2)nc(N2CCNCC2)c1. The maximum Gasteiger partial charge on any atom is 0.215 e. The van der Waals surface area contributed by atoms with Gasteiger partial charge in [-0.05, 0) is 6.07 Å². The number of pyridine rings is 1. The summed E-state index contributed by atoms with van der Waals surface area (Å²) < 4.78 is 11.1. The van der Waals surface area contributed by atoms with Gasteiger partial charge in [0.2, 0.25) is 5.88 Å². The van der Waals surface area contributed by atoms with Gasteiger partial charge in [-0.2, -0.15) is 4.98 Å². The highest BCUT2D eigenvalue weighted by Gasteiger charge is 2.18. The Morgan fingerprint density at radius 2 is 2.22 bits per heavy atom. The number of piperazine rings is 1. The van der Waals surface area contributed by atoms with Gasteiger partial charge in [-0.15, -0.1) is 0 Å². The molecular formula is C13H19N3O2. The largest absolute Gasteiger partial charge is 0.472 e. The number of hydrogen-bond acceptors (Lipinski definition) is 5. The van der Waals surface area contributed by atoms with E-state index < -0.39 is 0 Å². The van der Waals surface area contributed by atoms with Crippen molar-refractivity contribution >= 4 is 5.82 Å². The lowest BCUT2D eigenvalue weighted by atomic mass is 10.3. The van der Waals surface area contributed by atoms with E-state index in [1.807, 2.05) is 18.2 Å². The van der Waals surface area contributed by atoms with Crippen molar-refractivity contribution in [2.45, 2.75) is 12.5 Å². The fourth-order valence-electron chi connectivity index (χ4n) is 2.32. The second-order valence-corrected chi connectivity index (χ2v) is 4.67. The number of anilines is 1. The molecule has 2 aliphatic heterocycles. The molecular weight excluding hydrogens is 230 g/mol. The van der Waals surface area contributed by atoms with Crippen molar-refractivity contribution in [2.75, 3.05) is 44.3 Å². The van der Waals surface area contributed by atoms with Crippen LogP contribution in [0.4, 0.5) is 5.82 Å². The molecule has 0 bridgehead atoms. The lowest BCUT2D eigenvalue weighted by molar-refractivity contribution is 0.138. The number of aromatic nitrogens is 1. The third-order valence-corrected chi connectivity index (χ3v) is 3.33. The number of hydrogen-bond donors (Lipinski definition) is 1. The van der Waals surface area contributed by atoms with Crippen molar-refractivity contribution in [3.63, 3.8) is 0 Å². The summed E-state index contributed by atoms with van der Waals surface area (Å²) in [7, 11) is 0. The normalized spacial score (nSPS) is 24.2. The van der Waals surface area contributed by atoms with Gasteiger partial charge in [-0.25, -0.2) is 0 Å². The Labute approximate surface area is 107 Å². The van der Waals surface area contributed by atoms with Crippen molar-refractivity contribution in [3.8, 4) is 5.88 Å². The highest BCUT2D eigenvalue weighted by atomic mass is 16.5. The first-order chi connectivity index (χ1) is 8.92. The van der Waals surface area contributed by atoms with E-state index >= 15 is 0 Å². The molecule has 0 amide bonds. The summed E-state index contributed by atoms with van der Waals surface area (Å²) in [6.45, 7) is 5.51. The molecule has 18 heavy (non-hydrogen) atoms. The van der Waals surface area contributed by atoms with Crippen LogP contribution in [-0.2, 0) is 4.74 Å². The minimum absolute atomic E-state index is 0.163. The fraction of sp³-hybridized carbons (Fsp3) is 0.615. The summed E-state index contributed by atoms with van der Waals surface area (Å²) >= 11 is 0. The predicted octanol–water partition coefficient (Wildman–Crippen LogP) is 0.659. The zero-order chi connectivity index (χ0) is 12.2. The monoisotopic (exact) mass is 249 g/mol. The van der Waals surface area contributed by atoms with Crippen LogP contribution >= 0.6 is 0 Å². The number of nitrogens with zero attached hydrogens (tertiary/aromatic N) is 2. The topological polar surface area (TPSA) is 46.6 Å². The van der Waals surface area contributed by atoms with Crippen LogP contribution in [0.25, 0.3) is 0 Å². The summed E-state index contributed by atoms with van der Waals surface area (Å²) in [6, 6.07) is 5.98. The third-order valence-electron chi connectivity index (χ3n) is 3.33. The standard InChI is InChI=1S/C13H19N3O2/c1-2-12(16-7-5-14-6-8-16)15-13(3-1)18-11-4-9-17-10-11/h1-3,11,14H,4-10H2. The van der Waals surface area contributed by atoms with E-state index in [4.69, 9.17) is 9.47 Å². The fourth-order valence-corrected chi connectivity index (χ4v) is 2.32. The second kappa shape index (κ2) is 5.54. The van der Waals surface area contributed by atoms with Crippen LogP contribution < -0.4 is 15.0 Å². The highest BCUT2D eigenvalue weighted by Crippen LogP contribution is 2.19. The molecule has 2 saturated heterocycles. The van der Waals surface area contributed by atoms with Gasteiger partial charge in [0, 0.05) is 38.7 Å². The molecule has 0 aliphatic carbocycles. The summed E-state index contributed by atoms with van der Waals surface area (Å²) in [5.41, 5.74) is 0. The summed E-state index contributed by atoms with van der Waals surface area (Å²) in [6.07, 6.45) is 1.12. The van der Waals surface area contributed by atoms with Crippen molar-refractivity contribution in [1.29, 1.82) is 0 Å². The first kappa shape index (κ1) is 11.7. The molecule has 1 atom stereocenters. The van der Waals surface area contributed by atoms with Gasteiger partial charge in [0.05, 0.1) is 13.2 Å². The summed E-state index contributed by atoms with van der Waals surface area (Å²) in [4.78, 5) is 6.87. The molecule has 98 valence electrons. The molecule has 2 aliphatic rings. The number of nitrogens with one attached hydrogen (secondary N) is 1. The van der Waals surface area contributed by atoms with Gasteiger partial charge in [-0.1, -0.05) is 6.07 Å². The molecule has 3 heterocycles. The molecule has 1 aromatic rings. The molecule has 1 unspecified atom stereocenters. The van der Waals surface area contributed by atoms with Gasteiger partial charge in [-0.3, -0.25) is 0 Å². The quantitative estimate of drug-likeness (QED) is 0.852. The Balaban J connectivity index is 1.67. The number of rotatable bonds is 3. The maximum atomic E-state index is 5.83. The summed E-state index contributed by atoms with van der Waals surface area (Å²) in [5, 5.41) is 3.34. The Bertz CT molecular complexity index is 388. The zero-order valence-corrected chi connectivity index (χ0v) is 10.5. The van der Waals surface area contributed by atoms with E-state index in [9.17, 15) is 0 Å². The van der Waals surface area contributed by atoms with Crippen LogP contribution in [0.5, 0.6) is 5.88 Å². The van der Waals surface area contributed by atoms with Gasteiger partial charge >= 0.3 is 0 Å². The minimum Gasteiger partial charge on any atom is -0.472 e. The molecule has 1 aromatic heterocycles. The van der Waals surface area contributed by atoms with E-state index in [1.54, 1.807) is 0 Å². The first-order valence-electron chi connectivity index (χ1n) is 6.59. The van der Waals surface area contributed by atoms with E-state index in [-0.39, 0.29) is 6.10 Å². The zero-order valence-electron chi connectivity index (χ0n) is 10.5. The molecule has 1 N–H and O–H groups in total. The summed E-state index contributed by atoms with van der Waals surface area (Å²) in [5.74, 6) is 1.72. The maximum absolute atomic E-state index is 5.83. The second-order valence-electron chi connectivity index (χ2n) is 4.67. The van der Waals surface area contributed by atoms with Gasteiger partial charge in [0.25, 0.3) is 0 Å². The lowest BCUT2D eigenvalue weighted by Gasteiger charge is -2.28. The Morgan fingerprint density at radius 1 is 1.33 bits per heavy atom. The van der Waals surface area contributed by atoms with E-state index in [1.165, 1.54) is 0 Å². The molecule has 0 aromatic carbocycles. The first-order valence-corrected chi connectivity index (χ1v) is 6.59. The van der Waals surface area contributed by atoms with Gasteiger partial charge < -0.3 is 19.7 Å². The molecule has 3 rings (SSSR count). The molecule has 0 radical (unpaired) electrons. The van der Waals surface area contributed by atoms with Crippen molar-refractivity contribution in [2.24, 2.45) is 0 Å². The van der Waals surface area contributed by atoms with Crippen LogP contribution in [0, 0.1) is 0 Å². The lowest BCUT2D eigenvalue weighted by Crippen LogP contribution is -2.43. The van der Waals surface area contributed by atoms with Crippen molar-refractivity contribution < 1.29 is 9.47 Å². The van der Waals surface area contributed by atoms with E-state index in [0.29, 0.717) is 12.5 Å². The third kappa shape index (κ3) is 2.73. The predicted molar refractivity (Wildman–Crippen MR) is 69.2 cm³/mol. The number of ether oxygens (including phenoxy) is 2. The van der Waals surface area contributed by atoms with E-state index in [2.05, 4.69) is 15.2 Å². The molecule has 5 heteroatoms. The minimum atomic E-state index is 0.163.